The van der Waals surface area contributed by atoms with E-state index >= 15 is 0 Å². The Morgan fingerprint density at radius 2 is 1.81 bits per heavy atom. The van der Waals surface area contributed by atoms with Gasteiger partial charge in [-0.3, -0.25) is 19.7 Å². The predicted molar refractivity (Wildman–Crippen MR) is 125 cm³/mol. The molecule has 1 aliphatic rings. The van der Waals surface area contributed by atoms with E-state index in [9.17, 15) is 14.4 Å². The van der Waals surface area contributed by atoms with E-state index in [1.807, 2.05) is 12.1 Å². The zero-order valence-corrected chi connectivity index (χ0v) is 18.7. The highest BCUT2D eigenvalue weighted by Gasteiger charge is 2.29. The minimum absolute atomic E-state index is 0.0464. The van der Waals surface area contributed by atoms with Crippen LogP contribution in [0.4, 0.5) is 0 Å². The van der Waals surface area contributed by atoms with Crippen LogP contribution >= 0.6 is 0 Å². The molecule has 0 aliphatic carbocycles. The lowest BCUT2D eigenvalue weighted by molar-refractivity contribution is -0.144. The number of hydrogen-bond acceptors (Lipinski definition) is 4. The Morgan fingerprint density at radius 3 is 2.59 bits per heavy atom. The van der Waals surface area contributed by atoms with Gasteiger partial charge in [0, 0.05) is 0 Å². The Balaban J connectivity index is 1.54. The van der Waals surface area contributed by atoms with Crippen LogP contribution in [0, 0.1) is 0 Å². The van der Waals surface area contributed by atoms with Crippen LogP contribution < -0.4 is 5.32 Å². The first kappa shape index (κ1) is 23.5. The number of fused-ring (bicyclic) bond motifs is 1. The molecule has 0 fully saturated rings. The van der Waals surface area contributed by atoms with Gasteiger partial charge < -0.3 is 4.74 Å². The van der Waals surface area contributed by atoms with Gasteiger partial charge >= 0.3 is 5.97 Å². The first-order valence-corrected chi connectivity index (χ1v) is 11.4. The number of carbonyl (C=O) groups excluding carboxylic acids is 3. The van der Waals surface area contributed by atoms with Crippen molar-refractivity contribution in [2.75, 3.05) is 0 Å². The van der Waals surface area contributed by atoms with Crippen molar-refractivity contribution in [2.45, 2.75) is 64.9 Å². The van der Waals surface area contributed by atoms with E-state index in [1.165, 1.54) is 36.8 Å². The summed E-state index contributed by atoms with van der Waals surface area (Å²) in [6.45, 7) is 6.06. The molecule has 0 saturated carbocycles. The molecule has 0 aromatic heterocycles. The van der Waals surface area contributed by atoms with E-state index in [-0.39, 0.29) is 18.6 Å². The van der Waals surface area contributed by atoms with Crippen LogP contribution in [0.3, 0.4) is 0 Å². The molecule has 3 rings (SSSR count). The van der Waals surface area contributed by atoms with Crippen molar-refractivity contribution in [3.8, 4) is 0 Å². The van der Waals surface area contributed by atoms with Crippen LogP contribution in [0.1, 0.15) is 82.0 Å². The van der Waals surface area contributed by atoms with Gasteiger partial charge in [0.2, 0.25) is 0 Å². The summed E-state index contributed by atoms with van der Waals surface area (Å²) >= 11 is 0. The highest BCUT2D eigenvalue weighted by Crippen LogP contribution is 2.21. The summed E-state index contributed by atoms with van der Waals surface area (Å²) in [5, 5.41) is 2.27. The molecule has 2 amide bonds. The first-order chi connectivity index (χ1) is 15.5. The fourth-order valence-electron chi connectivity index (χ4n) is 4.08. The van der Waals surface area contributed by atoms with Gasteiger partial charge in [0.25, 0.3) is 11.8 Å². The van der Waals surface area contributed by atoms with Gasteiger partial charge in [0.05, 0.1) is 17.5 Å². The fraction of sp³-hybridized carbons (Fsp3) is 0.370. The van der Waals surface area contributed by atoms with Crippen molar-refractivity contribution >= 4 is 17.8 Å². The number of benzene rings is 2. The van der Waals surface area contributed by atoms with Gasteiger partial charge in [-0.05, 0) is 60.4 Å². The molecule has 5 heteroatoms. The van der Waals surface area contributed by atoms with Crippen molar-refractivity contribution in [3.05, 3.63) is 82.4 Å². The number of unbranched alkanes of at least 4 members (excludes halogenated alkanes) is 4. The van der Waals surface area contributed by atoms with Gasteiger partial charge in [-0.2, -0.15) is 0 Å². The molecular weight excluding hydrogens is 402 g/mol. The molecule has 0 atom stereocenters. The van der Waals surface area contributed by atoms with E-state index in [1.54, 1.807) is 18.2 Å². The standard InChI is InChI=1S/C27H31NO4/c1-3-5-6-7-8-9-11-19-14-15-22(20(4-2)16-19)18-32-24(29)17-21-12-10-13-23-25(21)27(31)28-26(23)30/h3,10,12-16H,1,4-9,11,17-18H2,2H3,(H,28,30,31). The molecule has 0 unspecified atom stereocenters. The summed E-state index contributed by atoms with van der Waals surface area (Å²) in [5.41, 5.74) is 4.60. The van der Waals surface area contributed by atoms with Crippen molar-refractivity contribution < 1.29 is 19.1 Å². The van der Waals surface area contributed by atoms with Crippen molar-refractivity contribution in [3.63, 3.8) is 0 Å². The lowest BCUT2D eigenvalue weighted by Gasteiger charge is -2.12. The second kappa shape index (κ2) is 11.4. The molecule has 1 aliphatic heterocycles. The Labute approximate surface area is 189 Å². The van der Waals surface area contributed by atoms with E-state index < -0.39 is 17.8 Å². The lowest BCUT2D eigenvalue weighted by atomic mass is 9.98. The SMILES string of the molecule is C=CCCCCCCc1ccc(COC(=O)Cc2cccc3c2C(=O)NC3=O)c(CC)c1. The summed E-state index contributed by atoms with van der Waals surface area (Å²) in [7, 11) is 0. The average Bonchev–Trinajstić information content (AvgIpc) is 3.09. The van der Waals surface area contributed by atoms with Gasteiger partial charge in [0.15, 0.2) is 0 Å². The number of amides is 2. The van der Waals surface area contributed by atoms with Crippen LogP contribution in [-0.2, 0) is 35.4 Å². The topological polar surface area (TPSA) is 72.5 Å². The average molecular weight is 434 g/mol. The molecule has 2 aromatic carbocycles. The number of esters is 1. The van der Waals surface area contributed by atoms with Crippen LogP contribution in [0.25, 0.3) is 0 Å². The second-order valence-electron chi connectivity index (χ2n) is 8.16. The molecule has 5 nitrogen and oxygen atoms in total. The molecule has 32 heavy (non-hydrogen) atoms. The number of aryl methyl sites for hydroxylation is 2. The minimum atomic E-state index is -0.460. The maximum Gasteiger partial charge on any atom is 0.310 e. The van der Waals surface area contributed by atoms with Crippen LogP contribution in [0.15, 0.2) is 49.1 Å². The van der Waals surface area contributed by atoms with Crippen LogP contribution in [-0.4, -0.2) is 17.8 Å². The monoisotopic (exact) mass is 433 g/mol. The zero-order chi connectivity index (χ0) is 22.9. The Bertz CT molecular complexity index is 1010. The Hall–Kier alpha value is -3.21. The van der Waals surface area contributed by atoms with Crippen LogP contribution in [0.2, 0.25) is 0 Å². The van der Waals surface area contributed by atoms with Crippen molar-refractivity contribution in [1.82, 2.24) is 5.32 Å². The molecule has 0 saturated heterocycles. The highest BCUT2D eigenvalue weighted by molar-refractivity contribution is 6.22. The third kappa shape index (κ3) is 5.94. The van der Waals surface area contributed by atoms with Crippen molar-refractivity contribution in [2.24, 2.45) is 0 Å². The van der Waals surface area contributed by atoms with E-state index in [0.717, 1.165) is 24.8 Å². The summed E-state index contributed by atoms with van der Waals surface area (Å²) in [4.78, 5) is 36.3. The Kier molecular flexibility index (Phi) is 8.37. The quantitative estimate of drug-likeness (QED) is 0.219. The van der Waals surface area contributed by atoms with E-state index in [4.69, 9.17) is 4.74 Å². The number of hydrogen-bond donors (Lipinski definition) is 1. The maximum absolute atomic E-state index is 12.4. The number of carbonyl (C=O) groups is 3. The van der Waals surface area contributed by atoms with Crippen molar-refractivity contribution in [1.29, 1.82) is 0 Å². The third-order valence-corrected chi connectivity index (χ3v) is 5.85. The molecule has 2 aromatic rings. The molecule has 0 radical (unpaired) electrons. The summed E-state index contributed by atoms with van der Waals surface area (Å²) in [6.07, 6.45) is 9.79. The summed E-state index contributed by atoms with van der Waals surface area (Å²) < 4.78 is 5.51. The van der Waals surface area contributed by atoms with E-state index in [2.05, 4.69) is 31.0 Å². The zero-order valence-electron chi connectivity index (χ0n) is 18.7. The highest BCUT2D eigenvalue weighted by atomic mass is 16.5. The van der Waals surface area contributed by atoms with Crippen LogP contribution in [0.5, 0.6) is 0 Å². The summed E-state index contributed by atoms with van der Waals surface area (Å²) in [6, 6.07) is 11.3. The van der Waals surface area contributed by atoms with Gasteiger partial charge in [-0.1, -0.05) is 56.2 Å². The number of allylic oxidation sites excluding steroid dienone is 1. The number of rotatable bonds is 12. The second-order valence-corrected chi connectivity index (χ2v) is 8.16. The molecular formula is C27H31NO4. The number of imide groups is 1. The van der Waals surface area contributed by atoms with Gasteiger partial charge in [-0.25, -0.2) is 0 Å². The predicted octanol–water partition coefficient (Wildman–Crippen LogP) is 5.10. The maximum atomic E-state index is 12.4. The molecule has 0 spiro atoms. The minimum Gasteiger partial charge on any atom is -0.461 e. The molecule has 168 valence electrons. The van der Waals surface area contributed by atoms with Gasteiger partial charge in [-0.15, -0.1) is 6.58 Å². The molecule has 1 heterocycles. The lowest BCUT2D eigenvalue weighted by Crippen LogP contribution is -2.20. The number of ether oxygens (including phenoxy) is 1. The first-order valence-electron chi connectivity index (χ1n) is 11.4. The largest absolute Gasteiger partial charge is 0.461 e. The van der Waals surface area contributed by atoms with E-state index in [0.29, 0.717) is 11.1 Å². The smallest absolute Gasteiger partial charge is 0.310 e. The molecule has 1 N–H and O–H groups in total. The molecule has 0 bridgehead atoms. The third-order valence-electron chi connectivity index (χ3n) is 5.85. The fourth-order valence-corrected chi connectivity index (χ4v) is 4.08. The van der Waals surface area contributed by atoms with Gasteiger partial charge in [0.1, 0.15) is 6.61 Å². The number of nitrogens with one attached hydrogen (secondary N) is 1. The Morgan fingerprint density at radius 1 is 1.00 bits per heavy atom. The summed E-state index contributed by atoms with van der Waals surface area (Å²) in [5.74, 6) is -1.31. The normalized spacial score (nSPS) is 12.4.